The molecule has 3 saturated heterocycles. The van der Waals surface area contributed by atoms with Gasteiger partial charge in [0.25, 0.3) is 0 Å². The van der Waals surface area contributed by atoms with Crippen LogP contribution in [0.25, 0.3) is 0 Å². The molecular weight excluding hydrogens is 498 g/mol. The molecule has 10 heteroatoms. The highest BCUT2D eigenvalue weighted by Crippen LogP contribution is 2.41. The number of piperidine rings is 1. The molecule has 2 N–H and O–H groups in total. The fourth-order valence-electron chi connectivity index (χ4n) is 6.34. The number of amides is 1. The van der Waals surface area contributed by atoms with Crippen LogP contribution in [0.5, 0.6) is 5.75 Å². The number of fused-ring (bicyclic) bond motifs is 2. The largest absolute Gasteiger partial charge is 0.486 e. The van der Waals surface area contributed by atoms with Crippen LogP contribution in [0.3, 0.4) is 0 Å². The van der Waals surface area contributed by atoms with Crippen molar-refractivity contribution in [2.45, 2.75) is 44.8 Å². The number of nitrogens with zero attached hydrogens (tertiary/aromatic N) is 5. The lowest BCUT2D eigenvalue weighted by Crippen LogP contribution is -2.43. The van der Waals surface area contributed by atoms with Crippen LogP contribution in [0, 0.1) is 11.7 Å². The Balaban J connectivity index is 1.16. The lowest BCUT2D eigenvalue weighted by atomic mass is 9.87. The average Bonchev–Trinajstić information content (AvgIpc) is 3.35. The maximum absolute atomic E-state index is 12.0. The van der Waals surface area contributed by atoms with Crippen molar-refractivity contribution in [1.29, 1.82) is 4.78 Å². The second-order valence-corrected chi connectivity index (χ2v) is 12.6. The molecule has 4 aliphatic rings. The Morgan fingerprint density at radius 3 is 2.71 bits per heavy atom. The van der Waals surface area contributed by atoms with Crippen LogP contribution < -0.4 is 15.0 Å². The summed E-state index contributed by atoms with van der Waals surface area (Å²) in [5, 5.41) is 3.59. The van der Waals surface area contributed by atoms with E-state index in [0.717, 1.165) is 104 Å². The van der Waals surface area contributed by atoms with E-state index < -0.39 is 0 Å². The predicted molar refractivity (Wildman–Crippen MR) is 152 cm³/mol. The van der Waals surface area contributed by atoms with E-state index in [0.29, 0.717) is 18.6 Å². The summed E-state index contributed by atoms with van der Waals surface area (Å²) in [6.07, 6.45) is 6.34. The van der Waals surface area contributed by atoms with Crippen LogP contribution in [0.4, 0.5) is 17.3 Å². The number of carbonyl (C=O) groups is 1. The Hall–Kier alpha value is -2.98. The highest BCUT2D eigenvalue weighted by molar-refractivity contribution is 7.86. The fourth-order valence-corrected chi connectivity index (χ4v) is 7.43. The lowest BCUT2D eigenvalue weighted by Gasteiger charge is -2.36. The molecule has 202 valence electrons. The molecule has 0 spiro atoms. The van der Waals surface area contributed by atoms with Crippen molar-refractivity contribution >= 4 is 33.9 Å². The number of carbonyl (C=O) groups excluding carboxylic acids is 1. The number of hydrogen-bond acceptors (Lipinski definition) is 8. The Labute approximate surface area is 227 Å². The van der Waals surface area contributed by atoms with Gasteiger partial charge in [-0.15, -0.1) is 10.7 Å². The summed E-state index contributed by atoms with van der Waals surface area (Å²) in [6, 6.07) is 5.01. The first-order valence-corrected chi connectivity index (χ1v) is 15.2. The topological polar surface area (TPSA) is 97.7 Å². The summed E-state index contributed by atoms with van der Waals surface area (Å²) in [4.78, 5) is 28.0. The van der Waals surface area contributed by atoms with Crippen molar-refractivity contribution in [3.05, 3.63) is 47.8 Å². The van der Waals surface area contributed by atoms with E-state index in [1.54, 1.807) is 6.33 Å². The summed E-state index contributed by atoms with van der Waals surface area (Å²) in [5.74, 6) is 4.96. The van der Waals surface area contributed by atoms with E-state index in [1.165, 1.54) is 11.6 Å². The highest BCUT2D eigenvalue weighted by Gasteiger charge is 2.33. The number of hydrogen-bond donors (Lipinski definition) is 2. The first kappa shape index (κ1) is 25.3. The van der Waals surface area contributed by atoms with Gasteiger partial charge in [0, 0.05) is 43.7 Å². The van der Waals surface area contributed by atoms with E-state index in [-0.39, 0.29) is 16.6 Å². The van der Waals surface area contributed by atoms with Crippen molar-refractivity contribution in [2.75, 3.05) is 61.0 Å². The molecule has 1 atom stereocenters. The monoisotopic (exact) mass is 535 g/mol. The number of aromatic nitrogens is 2. The number of likely N-dealkylation sites (tertiary alicyclic amines) is 2. The zero-order chi connectivity index (χ0) is 26.2. The molecule has 6 rings (SSSR count). The predicted octanol–water partition coefficient (Wildman–Crippen LogP) is 3.59. The molecule has 1 aromatic carbocycles. The average molecular weight is 536 g/mol. The van der Waals surface area contributed by atoms with Gasteiger partial charge in [-0.05, 0) is 68.5 Å². The maximum Gasteiger partial charge on any atom is 0.246 e. The van der Waals surface area contributed by atoms with Gasteiger partial charge in [-0.2, -0.15) is 0 Å². The van der Waals surface area contributed by atoms with Crippen molar-refractivity contribution in [3.63, 3.8) is 0 Å². The molecule has 2 aromatic rings. The first-order valence-electron chi connectivity index (χ1n) is 13.7. The smallest absolute Gasteiger partial charge is 0.246 e. The minimum absolute atomic E-state index is 0.0503. The van der Waals surface area contributed by atoms with Crippen molar-refractivity contribution in [1.82, 2.24) is 19.8 Å². The van der Waals surface area contributed by atoms with Gasteiger partial charge in [0.2, 0.25) is 5.91 Å². The van der Waals surface area contributed by atoms with Crippen LogP contribution >= 0.6 is 0 Å². The van der Waals surface area contributed by atoms with E-state index in [1.807, 2.05) is 4.90 Å². The summed E-state index contributed by atoms with van der Waals surface area (Å²) < 4.78 is 14.4. The van der Waals surface area contributed by atoms with Gasteiger partial charge < -0.3 is 19.9 Å². The SMILES string of the molecule is C=CC(=O)N1CCC(N2CCC(c3cc(C)c4c(c3)Nc3ncnc(N5CCS(=N)CC5)c3CO4)CC2)C1. The Morgan fingerprint density at radius 2 is 1.95 bits per heavy atom. The molecule has 0 aliphatic carbocycles. The normalized spacial score (nSPS) is 22.7. The molecule has 9 nitrogen and oxygen atoms in total. The summed E-state index contributed by atoms with van der Waals surface area (Å²) in [6.45, 7) is 11.7. The van der Waals surface area contributed by atoms with Crippen molar-refractivity contribution < 1.29 is 9.53 Å². The lowest BCUT2D eigenvalue weighted by molar-refractivity contribution is -0.125. The number of aryl methyl sites for hydroxylation is 1. The minimum atomic E-state index is -0.242. The van der Waals surface area contributed by atoms with E-state index >= 15 is 0 Å². The second kappa shape index (κ2) is 10.6. The highest BCUT2D eigenvalue weighted by atomic mass is 32.2. The number of nitrogens with one attached hydrogen (secondary N) is 2. The van der Waals surface area contributed by atoms with Crippen molar-refractivity contribution in [3.8, 4) is 5.75 Å². The van der Waals surface area contributed by atoms with Gasteiger partial charge in [0.1, 0.15) is 30.3 Å². The first-order chi connectivity index (χ1) is 18.5. The minimum Gasteiger partial charge on any atom is -0.486 e. The summed E-state index contributed by atoms with van der Waals surface area (Å²) in [5.41, 5.74) is 4.46. The zero-order valence-electron chi connectivity index (χ0n) is 22.1. The van der Waals surface area contributed by atoms with Gasteiger partial charge in [-0.3, -0.25) is 14.5 Å². The van der Waals surface area contributed by atoms with Crippen LogP contribution in [0.15, 0.2) is 31.1 Å². The van der Waals surface area contributed by atoms with Crippen molar-refractivity contribution in [2.24, 2.45) is 0 Å². The third-order valence-electron chi connectivity index (χ3n) is 8.52. The quantitative estimate of drug-likeness (QED) is 0.578. The molecule has 1 amide bonds. The molecule has 38 heavy (non-hydrogen) atoms. The van der Waals surface area contributed by atoms with Crippen LogP contribution in [0.1, 0.15) is 41.9 Å². The zero-order valence-corrected chi connectivity index (χ0v) is 22.9. The Kier molecular flexibility index (Phi) is 7.09. The van der Waals surface area contributed by atoms with Gasteiger partial charge in [-0.1, -0.05) is 12.6 Å². The molecule has 1 aromatic heterocycles. The molecule has 0 bridgehead atoms. The number of anilines is 3. The van der Waals surface area contributed by atoms with Gasteiger partial charge in [0.15, 0.2) is 0 Å². The molecular formula is C28H37N7O2S. The van der Waals surface area contributed by atoms with Crippen LogP contribution in [-0.4, -0.2) is 82.5 Å². The standard InChI is InChI=1S/C28H37N7O2S/c1-3-25(36)35-9-6-22(16-35)33-7-4-20(5-8-33)21-14-19(2)26-24(15-21)32-27-23(17-37-26)28(31-18-30-27)34-10-12-38(29)13-11-34/h3,14-15,18,20,22,29H,1,4-13,16-17H2,2H3,(H,30,31,32). The van der Waals surface area contributed by atoms with E-state index in [2.05, 4.69) is 50.7 Å². The van der Waals surface area contributed by atoms with Gasteiger partial charge in [-0.25, -0.2) is 9.97 Å². The molecule has 0 radical (unpaired) electrons. The molecule has 3 fully saturated rings. The molecule has 1 unspecified atom stereocenters. The summed E-state index contributed by atoms with van der Waals surface area (Å²) in [7, 11) is -0.242. The third kappa shape index (κ3) is 4.91. The van der Waals surface area contributed by atoms with Gasteiger partial charge >= 0.3 is 0 Å². The van der Waals surface area contributed by atoms with E-state index in [4.69, 9.17) is 9.52 Å². The number of rotatable bonds is 4. The Morgan fingerprint density at radius 1 is 1.16 bits per heavy atom. The summed E-state index contributed by atoms with van der Waals surface area (Å²) >= 11 is 0. The van der Waals surface area contributed by atoms with Crippen LogP contribution in [0.2, 0.25) is 0 Å². The maximum atomic E-state index is 12.0. The second-order valence-electron chi connectivity index (χ2n) is 10.8. The van der Waals surface area contributed by atoms with Crippen LogP contribution in [-0.2, 0) is 22.1 Å². The molecule has 5 heterocycles. The van der Waals surface area contributed by atoms with E-state index in [9.17, 15) is 4.79 Å². The molecule has 0 saturated carbocycles. The fraction of sp³-hybridized carbons (Fsp3) is 0.536. The molecule has 4 aliphatic heterocycles. The third-order valence-corrected chi connectivity index (χ3v) is 9.87. The number of ether oxygens (including phenoxy) is 1. The van der Waals surface area contributed by atoms with Gasteiger partial charge in [0.05, 0.1) is 11.3 Å². The number of benzene rings is 1. The Bertz CT molecular complexity index is 1250.